The Bertz CT molecular complexity index is 1700. The number of anilines is 3. The van der Waals surface area contributed by atoms with Crippen LogP contribution in [-0.4, -0.2) is 97.3 Å². The summed E-state index contributed by atoms with van der Waals surface area (Å²) in [6.07, 6.45) is 16.4. The molecule has 1 atom stereocenters. The molecule has 1 unspecified atom stereocenters. The molecule has 2 aromatic carbocycles. The molecule has 11 nitrogen and oxygen atoms in total. The van der Waals surface area contributed by atoms with Gasteiger partial charge in [-0.3, -0.25) is 19.9 Å². The van der Waals surface area contributed by atoms with Crippen molar-refractivity contribution in [1.82, 2.24) is 19.8 Å². The van der Waals surface area contributed by atoms with Gasteiger partial charge in [-0.1, -0.05) is 18.2 Å². The number of halogens is 1. The van der Waals surface area contributed by atoms with E-state index in [1.54, 1.807) is 43.9 Å². The van der Waals surface area contributed by atoms with Crippen molar-refractivity contribution in [2.45, 2.75) is 38.7 Å². The van der Waals surface area contributed by atoms with Crippen LogP contribution >= 0.6 is 0 Å². The largest absolute Gasteiger partial charge is 0.380 e. The van der Waals surface area contributed by atoms with Crippen molar-refractivity contribution in [2.24, 2.45) is 5.10 Å². The van der Waals surface area contributed by atoms with Gasteiger partial charge >= 0.3 is 0 Å². The number of aryl methyl sites for hydroxylation is 1. The molecule has 0 bridgehead atoms. The number of methoxy groups -OCH3 is 1. The summed E-state index contributed by atoms with van der Waals surface area (Å²) in [5.41, 5.74) is 8.45. The van der Waals surface area contributed by atoms with Gasteiger partial charge in [0.05, 0.1) is 24.6 Å². The predicted octanol–water partition coefficient (Wildman–Crippen LogP) is 5.99. The highest BCUT2D eigenvalue weighted by molar-refractivity contribution is 5.84. The highest BCUT2D eigenvalue weighted by Gasteiger charge is 2.25. The first-order valence-corrected chi connectivity index (χ1v) is 17.4. The molecule has 0 spiro atoms. The predicted molar refractivity (Wildman–Crippen MR) is 201 cm³/mol. The third-order valence-corrected chi connectivity index (χ3v) is 9.02. The van der Waals surface area contributed by atoms with E-state index in [-0.39, 0.29) is 17.8 Å². The smallest absolute Gasteiger partial charge is 0.236 e. The van der Waals surface area contributed by atoms with Crippen LogP contribution in [-0.2, 0) is 14.3 Å². The molecular weight excluding hydrogens is 647 g/mol. The van der Waals surface area contributed by atoms with Crippen molar-refractivity contribution in [1.29, 1.82) is 0 Å². The number of likely N-dealkylation sites (tertiary alicyclic amines) is 1. The number of allylic oxidation sites excluding steroid dienone is 6. The summed E-state index contributed by atoms with van der Waals surface area (Å²) in [7, 11) is 1.77. The number of hydrazone groups is 1. The molecule has 3 heterocycles. The number of carbonyl (C=O) groups excluding carboxylic acids is 2. The van der Waals surface area contributed by atoms with Crippen LogP contribution in [0.15, 0.2) is 102 Å². The van der Waals surface area contributed by atoms with Gasteiger partial charge in [-0.05, 0) is 98.5 Å². The molecule has 2 saturated heterocycles. The minimum Gasteiger partial charge on any atom is -0.380 e. The van der Waals surface area contributed by atoms with E-state index in [2.05, 4.69) is 59.9 Å². The zero-order valence-electron chi connectivity index (χ0n) is 29.4. The highest BCUT2D eigenvalue weighted by Crippen LogP contribution is 2.22. The number of nitrogens with zero attached hydrogens (tertiary/aromatic N) is 6. The molecule has 0 radical (unpaired) electrons. The normalized spacial score (nSPS) is 18.1. The number of rotatable bonds is 10. The first-order valence-electron chi connectivity index (χ1n) is 17.4. The zero-order chi connectivity index (χ0) is 35.8. The number of hydrogen-bond acceptors (Lipinski definition) is 9. The summed E-state index contributed by atoms with van der Waals surface area (Å²) in [4.78, 5) is 38.4. The maximum Gasteiger partial charge on any atom is 0.236 e. The van der Waals surface area contributed by atoms with E-state index >= 15 is 0 Å². The molecule has 2 amide bonds. The van der Waals surface area contributed by atoms with Gasteiger partial charge in [0.2, 0.25) is 12.3 Å². The van der Waals surface area contributed by atoms with Crippen LogP contribution in [0.4, 0.5) is 21.5 Å². The number of aromatic nitrogens is 2. The second kappa shape index (κ2) is 19.3. The zero-order valence-corrected chi connectivity index (χ0v) is 29.4. The summed E-state index contributed by atoms with van der Waals surface area (Å²) in [5.74, 6) is 0.809. The molecule has 268 valence electrons. The standard InChI is InChI=1S/C23H31N5O2.C16H16FN3O/c1-30-21-5-2-3-12-26(17-21)18-22(29)28-15-13-27(14-16-28)20-8-6-19(7-9-20)23-24-10-4-11-25-23;1-12-9-15(18-11-21)7-8-16(12)20-19-10-13-3-2-4-14(17)6-5-13/h4,6-11,21H,2-3,5,12-18H2,1H3;2-3,5-11,20H,4H2,1H3,(H,18,21)/b;19-10+. The van der Waals surface area contributed by atoms with E-state index in [4.69, 9.17) is 4.74 Å². The van der Waals surface area contributed by atoms with Crippen LogP contribution in [0.3, 0.4) is 0 Å². The molecule has 3 aromatic rings. The number of carbonyl (C=O) groups is 2. The lowest BCUT2D eigenvalue weighted by molar-refractivity contribution is -0.133. The molecule has 3 aliphatic rings. The summed E-state index contributed by atoms with van der Waals surface area (Å²) >= 11 is 0. The SMILES string of the molecule is COC1CCCCN(CC(=O)N2CCN(c3ccc(-c4ncccn4)cc3)CC2)C1.Cc1cc(NC=O)ccc1N/N=C/C1=CC=C(F)CC=C1. The van der Waals surface area contributed by atoms with E-state index in [0.29, 0.717) is 19.4 Å². The minimum absolute atomic E-state index is 0.170. The average Bonchev–Trinajstić information content (AvgIpc) is 3.53. The van der Waals surface area contributed by atoms with Crippen molar-refractivity contribution in [3.63, 3.8) is 0 Å². The van der Waals surface area contributed by atoms with Crippen LogP contribution in [0.25, 0.3) is 11.4 Å². The van der Waals surface area contributed by atoms with Crippen molar-refractivity contribution in [3.8, 4) is 11.4 Å². The number of piperazine rings is 1. The molecule has 6 rings (SSSR count). The Labute approximate surface area is 299 Å². The fourth-order valence-corrected chi connectivity index (χ4v) is 6.12. The summed E-state index contributed by atoms with van der Waals surface area (Å²) in [6.45, 7) is 7.51. The number of ether oxygens (including phenoxy) is 1. The van der Waals surface area contributed by atoms with Crippen molar-refractivity contribution < 1.29 is 18.7 Å². The number of hydrogen-bond donors (Lipinski definition) is 2. The number of nitrogens with one attached hydrogen (secondary N) is 2. The van der Waals surface area contributed by atoms with Crippen molar-refractivity contribution >= 4 is 35.6 Å². The average molecular weight is 695 g/mol. The summed E-state index contributed by atoms with van der Waals surface area (Å²) < 4.78 is 18.6. The fraction of sp³-hybridized carbons (Fsp3) is 0.359. The maximum atomic E-state index is 13.0. The van der Waals surface area contributed by atoms with Crippen LogP contribution in [0.2, 0.25) is 0 Å². The van der Waals surface area contributed by atoms with E-state index < -0.39 is 0 Å². The van der Waals surface area contributed by atoms with Gasteiger partial charge in [0.15, 0.2) is 5.82 Å². The fourth-order valence-electron chi connectivity index (χ4n) is 6.12. The first kappa shape index (κ1) is 37.1. The van der Waals surface area contributed by atoms with E-state index in [1.807, 2.05) is 36.1 Å². The second-order valence-corrected chi connectivity index (χ2v) is 12.6. The minimum atomic E-state index is -0.170. The lowest BCUT2D eigenvalue weighted by atomic mass is 10.1. The Kier molecular flexibility index (Phi) is 14.0. The third-order valence-electron chi connectivity index (χ3n) is 9.02. The summed E-state index contributed by atoms with van der Waals surface area (Å²) in [6, 6.07) is 15.6. The molecular formula is C39H47FN8O3. The van der Waals surface area contributed by atoms with Gasteiger partial charge in [0, 0.05) is 75.6 Å². The van der Waals surface area contributed by atoms with E-state index in [1.165, 1.54) is 18.2 Å². The molecule has 12 heteroatoms. The number of amides is 2. The Morgan fingerprint density at radius 3 is 2.55 bits per heavy atom. The van der Waals surface area contributed by atoms with E-state index in [0.717, 1.165) is 86.0 Å². The lowest BCUT2D eigenvalue weighted by Gasteiger charge is -2.37. The summed E-state index contributed by atoms with van der Waals surface area (Å²) in [5, 5.41) is 6.72. The molecule has 2 N–H and O–H groups in total. The topological polar surface area (TPSA) is 115 Å². The quantitative estimate of drug-likeness (QED) is 0.151. The number of benzene rings is 2. The molecule has 2 fully saturated rings. The van der Waals surface area contributed by atoms with Crippen LogP contribution < -0.4 is 15.6 Å². The van der Waals surface area contributed by atoms with Gasteiger partial charge in [0.25, 0.3) is 0 Å². The van der Waals surface area contributed by atoms with Gasteiger partial charge in [0.1, 0.15) is 5.83 Å². The Hall–Kier alpha value is -5.20. The lowest BCUT2D eigenvalue weighted by Crippen LogP contribution is -2.51. The molecule has 2 aliphatic heterocycles. The maximum absolute atomic E-state index is 13.0. The van der Waals surface area contributed by atoms with Gasteiger partial charge in [-0.15, -0.1) is 0 Å². The molecule has 51 heavy (non-hydrogen) atoms. The second-order valence-electron chi connectivity index (χ2n) is 12.6. The monoisotopic (exact) mass is 694 g/mol. The van der Waals surface area contributed by atoms with Crippen LogP contribution in [0.5, 0.6) is 0 Å². The Morgan fingerprint density at radius 2 is 1.82 bits per heavy atom. The Morgan fingerprint density at radius 1 is 1.04 bits per heavy atom. The Balaban J connectivity index is 0.000000211. The third kappa shape index (κ3) is 11.4. The molecule has 1 aliphatic carbocycles. The van der Waals surface area contributed by atoms with Gasteiger partial charge in [-0.2, -0.15) is 5.10 Å². The van der Waals surface area contributed by atoms with Crippen LogP contribution in [0.1, 0.15) is 31.2 Å². The van der Waals surface area contributed by atoms with Crippen LogP contribution in [0, 0.1) is 6.92 Å². The molecule has 1 aromatic heterocycles. The van der Waals surface area contributed by atoms with Gasteiger partial charge < -0.3 is 19.9 Å². The van der Waals surface area contributed by atoms with Crippen molar-refractivity contribution in [2.75, 3.05) is 68.6 Å². The van der Waals surface area contributed by atoms with E-state index in [9.17, 15) is 14.0 Å². The molecule has 0 saturated carbocycles. The van der Waals surface area contributed by atoms with Crippen molar-refractivity contribution in [3.05, 3.63) is 102 Å². The first-order chi connectivity index (χ1) is 24.9. The van der Waals surface area contributed by atoms with Gasteiger partial charge in [-0.25, -0.2) is 14.4 Å². The highest BCUT2D eigenvalue weighted by atomic mass is 19.1.